The highest BCUT2D eigenvalue weighted by Gasteiger charge is 2.26. The summed E-state index contributed by atoms with van der Waals surface area (Å²) < 4.78 is 0. The van der Waals surface area contributed by atoms with Crippen LogP contribution in [0.1, 0.15) is 25.5 Å². The lowest BCUT2D eigenvalue weighted by atomic mass is 9.90. The minimum Gasteiger partial charge on any atom is -0.390 e. The molecule has 1 atom stereocenters. The molecule has 1 fully saturated rings. The largest absolute Gasteiger partial charge is 0.390 e. The molecule has 0 bridgehead atoms. The topological polar surface area (TPSA) is 39.6 Å². The summed E-state index contributed by atoms with van der Waals surface area (Å²) >= 11 is 1.64. The molecule has 1 aromatic heterocycles. The zero-order chi connectivity index (χ0) is 13.1. The summed E-state index contributed by atoms with van der Waals surface area (Å²) in [6.07, 6.45) is 2.46. The Hall–Kier alpha value is -0.650. The van der Waals surface area contributed by atoms with Crippen LogP contribution in [0.3, 0.4) is 0 Å². The maximum Gasteiger partial charge on any atom is 0.185 e. The van der Waals surface area contributed by atoms with Crippen LogP contribution < -0.4 is 4.90 Å². The molecular formula is C13H23N3OS. The lowest BCUT2D eigenvalue weighted by Crippen LogP contribution is -2.41. The monoisotopic (exact) mass is 269 g/mol. The first-order valence-corrected chi connectivity index (χ1v) is 7.46. The Morgan fingerprint density at radius 1 is 1.50 bits per heavy atom. The molecule has 1 saturated heterocycles. The van der Waals surface area contributed by atoms with Gasteiger partial charge in [0.05, 0.1) is 12.3 Å². The highest BCUT2D eigenvalue weighted by Crippen LogP contribution is 2.28. The quantitative estimate of drug-likeness (QED) is 0.905. The zero-order valence-electron chi connectivity index (χ0n) is 11.5. The number of rotatable bonds is 4. The van der Waals surface area contributed by atoms with Crippen molar-refractivity contribution in [3.63, 3.8) is 0 Å². The Bertz CT molecular complexity index is 372. The minimum absolute atomic E-state index is 0.0463. The van der Waals surface area contributed by atoms with E-state index in [1.54, 1.807) is 11.3 Å². The second kappa shape index (κ2) is 5.99. The van der Waals surface area contributed by atoms with Crippen molar-refractivity contribution in [1.82, 2.24) is 9.88 Å². The van der Waals surface area contributed by atoms with Crippen LogP contribution >= 0.6 is 11.3 Å². The van der Waals surface area contributed by atoms with Crippen LogP contribution in [-0.2, 0) is 6.61 Å². The Morgan fingerprint density at radius 2 is 2.17 bits per heavy atom. The molecule has 0 aliphatic carbocycles. The van der Waals surface area contributed by atoms with Gasteiger partial charge in [0.2, 0.25) is 0 Å². The van der Waals surface area contributed by atoms with E-state index in [9.17, 15) is 0 Å². The van der Waals surface area contributed by atoms with Gasteiger partial charge in [-0.2, -0.15) is 0 Å². The third kappa shape index (κ3) is 3.02. The van der Waals surface area contributed by atoms with Gasteiger partial charge in [0.15, 0.2) is 5.13 Å². The smallest absolute Gasteiger partial charge is 0.185 e. The van der Waals surface area contributed by atoms with Crippen molar-refractivity contribution in [2.75, 3.05) is 32.1 Å². The van der Waals surface area contributed by atoms with Crippen molar-refractivity contribution in [3.8, 4) is 0 Å². The van der Waals surface area contributed by atoms with Crippen molar-refractivity contribution in [1.29, 1.82) is 0 Å². The van der Waals surface area contributed by atoms with Crippen molar-refractivity contribution in [2.45, 2.75) is 32.4 Å². The summed E-state index contributed by atoms with van der Waals surface area (Å²) in [6.45, 7) is 4.53. The van der Waals surface area contributed by atoms with Crippen molar-refractivity contribution < 1.29 is 5.11 Å². The predicted octanol–water partition coefficient (Wildman–Crippen LogP) is 1.80. The van der Waals surface area contributed by atoms with E-state index in [1.165, 1.54) is 12.8 Å². The van der Waals surface area contributed by atoms with Crippen LogP contribution in [0.4, 0.5) is 5.13 Å². The second-order valence-electron chi connectivity index (χ2n) is 5.31. The number of aliphatic hydroxyl groups excluding tert-OH is 1. The van der Waals surface area contributed by atoms with Gasteiger partial charge >= 0.3 is 0 Å². The fraction of sp³-hybridized carbons (Fsp3) is 0.769. The van der Waals surface area contributed by atoms with Gasteiger partial charge in [-0.25, -0.2) is 4.98 Å². The molecule has 1 N–H and O–H groups in total. The van der Waals surface area contributed by atoms with E-state index in [0.29, 0.717) is 6.04 Å². The molecule has 0 radical (unpaired) electrons. The third-order valence-electron chi connectivity index (χ3n) is 4.01. The molecular weight excluding hydrogens is 246 g/mol. The maximum atomic E-state index is 9.05. The van der Waals surface area contributed by atoms with Crippen LogP contribution in [0.2, 0.25) is 0 Å². The molecule has 18 heavy (non-hydrogen) atoms. The Labute approximate surface area is 113 Å². The second-order valence-corrected chi connectivity index (χ2v) is 6.14. The molecule has 1 aromatic rings. The van der Waals surface area contributed by atoms with Crippen molar-refractivity contribution in [3.05, 3.63) is 11.1 Å². The van der Waals surface area contributed by atoms with E-state index in [2.05, 4.69) is 35.8 Å². The fourth-order valence-electron chi connectivity index (χ4n) is 2.51. The molecule has 0 spiro atoms. The van der Waals surface area contributed by atoms with Crippen LogP contribution in [0, 0.1) is 5.92 Å². The summed E-state index contributed by atoms with van der Waals surface area (Å²) in [6, 6.07) is 0.649. The van der Waals surface area contributed by atoms with Gasteiger partial charge in [0.1, 0.15) is 0 Å². The van der Waals surface area contributed by atoms with Crippen LogP contribution in [0.5, 0.6) is 0 Å². The van der Waals surface area contributed by atoms with E-state index in [1.807, 2.05) is 5.38 Å². The molecule has 1 aliphatic heterocycles. The summed E-state index contributed by atoms with van der Waals surface area (Å²) in [7, 11) is 4.32. The van der Waals surface area contributed by atoms with E-state index in [0.717, 1.165) is 29.8 Å². The van der Waals surface area contributed by atoms with Gasteiger partial charge in [0.25, 0.3) is 0 Å². The van der Waals surface area contributed by atoms with E-state index < -0.39 is 0 Å². The third-order valence-corrected chi connectivity index (χ3v) is 4.96. The molecule has 5 heteroatoms. The normalized spacial score (nSPS) is 19.5. The highest BCUT2D eigenvalue weighted by molar-refractivity contribution is 7.13. The molecule has 1 aliphatic rings. The molecule has 0 unspecified atom stereocenters. The Morgan fingerprint density at radius 3 is 2.67 bits per heavy atom. The lowest BCUT2D eigenvalue weighted by Gasteiger charge is -2.37. The SMILES string of the molecule is C[C@@H](C1CCN(c2nc(CO)cs2)CC1)N(C)C. The number of aromatic nitrogens is 1. The van der Waals surface area contributed by atoms with Gasteiger partial charge < -0.3 is 14.9 Å². The first-order chi connectivity index (χ1) is 8.61. The Kier molecular flexibility index (Phi) is 4.59. The van der Waals surface area contributed by atoms with E-state index in [4.69, 9.17) is 5.11 Å². The maximum absolute atomic E-state index is 9.05. The standard InChI is InChI=1S/C13H23N3OS/c1-10(15(2)3)11-4-6-16(7-5-11)13-14-12(8-17)9-18-13/h9-11,17H,4-8H2,1-3H3/t10-/m0/s1. The minimum atomic E-state index is 0.0463. The summed E-state index contributed by atoms with van der Waals surface area (Å²) in [4.78, 5) is 9.10. The van der Waals surface area contributed by atoms with E-state index in [-0.39, 0.29) is 6.61 Å². The number of hydrogen-bond acceptors (Lipinski definition) is 5. The summed E-state index contributed by atoms with van der Waals surface area (Å²) in [5, 5.41) is 12.1. The molecule has 4 nitrogen and oxygen atoms in total. The number of anilines is 1. The summed E-state index contributed by atoms with van der Waals surface area (Å²) in [5.41, 5.74) is 0.791. The number of nitrogens with zero attached hydrogens (tertiary/aromatic N) is 3. The average Bonchev–Trinajstić information content (AvgIpc) is 2.86. The van der Waals surface area contributed by atoms with Gasteiger partial charge in [-0.3, -0.25) is 0 Å². The fourth-order valence-corrected chi connectivity index (χ4v) is 3.38. The van der Waals surface area contributed by atoms with Crippen LogP contribution in [-0.4, -0.2) is 48.2 Å². The zero-order valence-corrected chi connectivity index (χ0v) is 12.3. The van der Waals surface area contributed by atoms with Gasteiger partial charge in [-0.1, -0.05) is 0 Å². The van der Waals surface area contributed by atoms with Crippen molar-refractivity contribution in [2.24, 2.45) is 5.92 Å². The number of piperidine rings is 1. The van der Waals surface area contributed by atoms with Crippen molar-refractivity contribution >= 4 is 16.5 Å². The van der Waals surface area contributed by atoms with Crippen LogP contribution in [0.25, 0.3) is 0 Å². The molecule has 0 amide bonds. The molecule has 0 saturated carbocycles. The lowest BCUT2D eigenvalue weighted by molar-refractivity contribution is 0.199. The molecule has 102 valence electrons. The summed E-state index contributed by atoms with van der Waals surface area (Å²) in [5.74, 6) is 0.786. The predicted molar refractivity (Wildman–Crippen MR) is 76.1 cm³/mol. The van der Waals surface area contributed by atoms with Gasteiger partial charge in [-0.05, 0) is 39.8 Å². The highest BCUT2D eigenvalue weighted by atomic mass is 32.1. The van der Waals surface area contributed by atoms with Crippen LogP contribution in [0.15, 0.2) is 5.38 Å². The van der Waals surface area contributed by atoms with Gasteiger partial charge in [-0.15, -0.1) is 11.3 Å². The number of thiazole rings is 1. The first-order valence-electron chi connectivity index (χ1n) is 6.58. The number of hydrogen-bond donors (Lipinski definition) is 1. The average molecular weight is 269 g/mol. The van der Waals surface area contributed by atoms with Gasteiger partial charge in [0, 0.05) is 24.5 Å². The van der Waals surface area contributed by atoms with E-state index >= 15 is 0 Å². The Balaban J connectivity index is 1.90. The first kappa shape index (κ1) is 13.8. The molecule has 2 heterocycles. The molecule has 0 aromatic carbocycles. The molecule has 2 rings (SSSR count). The number of aliphatic hydroxyl groups is 1.